The molecule has 0 bridgehead atoms. The van der Waals surface area contributed by atoms with Gasteiger partial charge in [0.15, 0.2) is 0 Å². The molecule has 0 amide bonds. The van der Waals surface area contributed by atoms with Crippen LogP contribution in [0.25, 0.3) is 0 Å². The predicted molar refractivity (Wildman–Crippen MR) is 98.8 cm³/mol. The standard InChI is InChI=1S/C16H34O7S2/c1-2-3-4-5-6-7-8-9-10-11-15(24(18,19)20)14-16(12-13-17)25(21,22)23/h15-17H,2-14H2,1H3,(H,18,19,20)(H,21,22,23). The van der Waals surface area contributed by atoms with Gasteiger partial charge in [-0.3, -0.25) is 9.11 Å². The van der Waals surface area contributed by atoms with Crippen LogP contribution in [-0.2, 0) is 20.2 Å². The number of rotatable bonds is 16. The second-order valence-corrected chi connectivity index (χ2v) is 10.0. The molecule has 0 fully saturated rings. The Morgan fingerprint density at radius 2 is 1.08 bits per heavy atom. The number of unbranched alkanes of at least 4 members (excludes halogenated alkanes) is 8. The summed E-state index contributed by atoms with van der Waals surface area (Å²) in [6.45, 7) is 1.68. The zero-order valence-corrected chi connectivity index (χ0v) is 16.8. The van der Waals surface area contributed by atoms with Crippen molar-refractivity contribution in [2.24, 2.45) is 0 Å². The van der Waals surface area contributed by atoms with Crippen molar-refractivity contribution in [3.05, 3.63) is 0 Å². The quantitative estimate of drug-likeness (QED) is 0.267. The predicted octanol–water partition coefficient (Wildman–Crippen LogP) is 3.19. The van der Waals surface area contributed by atoms with Gasteiger partial charge in [0, 0.05) is 6.61 Å². The van der Waals surface area contributed by atoms with Crippen LogP contribution in [0.5, 0.6) is 0 Å². The van der Waals surface area contributed by atoms with Crippen LogP contribution in [0.3, 0.4) is 0 Å². The van der Waals surface area contributed by atoms with Gasteiger partial charge >= 0.3 is 0 Å². The van der Waals surface area contributed by atoms with Gasteiger partial charge < -0.3 is 5.11 Å². The first-order valence-electron chi connectivity index (χ1n) is 9.16. The molecule has 9 heteroatoms. The van der Waals surface area contributed by atoms with Gasteiger partial charge in [-0.05, 0) is 19.3 Å². The third-order valence-electron chi connectivity index (χ3n) is 4.45. The van der Waals surface area contributed by atoms with E-state index in [4.69, 9.17) is 9.66 Å². The van der Waals surface area contributed by atoms with E-state index in [2.05, 4.69) is 6.92 Å². The van der Waals surface area contributed by atoms with Crippen LogP contribution in [0.4, 0.5) is 0 Å². The molecule has 0 heterocycles. The summed E-state index contributed by atoms with van der Waals surface area (Å²) in [6, 6.07) is 0. The van der Waals surface area contributed by atoms with E-state index in [0.717, 1.165) is 25.7 Å². The molecule has 3 N–H and O–H groups in total. The second-order valence-electron chi connectivity index (χ2n) is 6.64. The van der Waals surface area contributed by atoms with Gasteiger partial charge in [-0.15, -0.1) is 0 Å². The van der Waals surface area contributed by atoms with Crippen LogP contribution >= 0.6 is 0 Å². The highest BCUT2D eigenvalue weighted by Gasteiger charge is 2.32. The summed E-state index contributed by atoms with van der Waals surface area (Å²) in [6.07, 6.45) is 8.97. The number of hydrogen-bond acceptors (Lipinski definition) is 5. The van der Waals surface area contributed by atoms with E-state index in [1.807, 2.05) is 0 Å². The van der Waals surface area contributed by atoms with E-state index in [1.165, 1.54) is 25.7 Å². The number of aliphatic hydroxyl groups is 1. The minimum atomic E-state index is -4.47. The molecule has 0 radical (unpaired) electrons. The second kappa shape index (κ2) is 13.0. The Morgan fingerprint density at radius 1 is 0.680 bits per heavy atom. The fraction of sp³-hybridized carbons (Fsp3) is 1.00. The molecular weight excluding hydrogens is 368 g/mol. The molecule has 0 aromatic carbocycles. The van der Waals surface area contributed by atoms with E-state index in [0.29, 0.717) is 6.42 Å². The van der Waals surface area contributed by atoms with Crippen LogP contribution < -0.4 is 0 Å². The maximum absolute atomic E-state index is 11.5. The summed E-state index contributed by atoms with van der Waals surface area (Å²) >= 11 is 0. The van der Waals surface area contributed by atoms with Gasteiger partial charge in [-0.1, -0.05) is 64.7 Å². The molecule has 152 valence electrons. The summed E-state index contributed by atoms with van der Waals surface area (Å²) in [4.78, 5) is 0. The molecule has 0 saturated heterocycles. The molecule has 0 spiro atoms. The number of aliphatic hydroxyl groups excluding tert-OH is 1. The Labute approximate surface area is 152 Å². The lowest BCUT2D eigenvalue weighted by Crippen LogP contribution is -2.31. The van der Waals surface area contributed by atoms with Gasteiger partial charge in [-0.2, -0.15) is 16.8 Å². The largest absolute Gasteiger partial charge is 0.396 e. The lowest BCUT2D eigenvalue weighted by atomic mass is 10.0. The Kier molecular flexibility index (Phi) is 12.9. The summed E-state index contributed by atoms with van der Waals surface area (Å²) < 4.78 is 64.0. The minimum Gasteiger partial charge on any atom is -0.396 e. The van der Waals surface area contributed by atoms with Crippen molar-refractivity contribution in [1.82, 2.24) is 0 Å². The molecule has 0 saturated carbocycles. The van der Waals surface area contributed by atoms with Crippen LogP contribution in [-0.4, -0.2) is 48.2 Å². The summed E-state index contributed by atoms with van der Waals surface area (Å²) in [5.41, 5.74) is 0. The smallest absolute Gasteiger partial charge is 0.267 e. The van der Waals surface area contributed by atoms with Crippen LogP contribution in [0.1, 0.15) is 84.0 Å². The first-order chi connectivity index (χ1) is 11.6. The molecule has 0 aliphatic carbocycles. The topological polar surface area (TPSA) is 129 Å². The van der Waals surface area contributed by atoms with Crippen LogP contribution in [0, 0.1) is 0 Å². The molecular formula is C16H34O7S2. The monoisotopic (exact) mass is 402 g/mol. The first-order valence-corrected chi connectivity index (χ1v) is 12.2. The maximum Gasteiger partial charge on any atom is 0.267 e. The van der Waals surface area contributed by atoms with Crippen molar-refractivity contribution >= 4 is 20.2 Å². The Morgan fingerprint density at radius 3 is 1.48 bits per heavy atom. The van der Waals surface area contributed by atoms with Crippen molar-refractivity contribution in [3.63, 3.8) is 0 Å². The summed E-state index contributed by atoms with van der Waals surface area (Å²) in [7, 11) is -8.87. The average molecular weight is 403 g/mol. The maximum atomic E-state index is 11.5. The van der Waals surface area contributed by atoms with Crippen LogP contribution in [0.15, 0.2) is 0 Å². The minimum absolute atomic E-state index is 0.145. The SMILES string of the molecule is CCCCCCCCCCCC(CC(CCO)S(=O)(=O)O)S(=O)(=O)O. The third-order valence-corrected chi connectivity index (χ3v) is 6.99. The van der Waals surface area contributed by atoms with Gasteiger partial charge in [0.1, 0.15) is 0 Å². The summed E-state index contributed by atoms with van der Waals surface area (Å²) in [5, 5.41) is 6.25. The molecule has 2 unspecified atom stereocenters. The molecule has 0 aromatic rings. The van der Waals surface area contributed by atoms with E-state index >= 15 is 0 Å². The van der Waals surface area contributed by atoms with Gasteiger partial charge in [0.2, 0.25) is 0 Å². The zero-order chi connectivity index (χ0) is 19.3. The fourth-order valence-electron chi connectivity index (χ4n) is 2.90. The highest BCUT2D eigenvalue weighted by atomic mass is 32.2. The van der Waals surface area contributed by atoms with E-state index < -0.39 is 43.8 Å². The van der Waals surface area contributed by atoms with Gasteiger partial charge in [0.25, 0.3) is 20.2 Å². The lowest BCUT2D eigenvalue weighted by Gasteiger charge is -2.19. The van der Waals surface area contributed by atoms with Gasteiger partial charge in [0.05, 0.1) is 10.5 Å². The molecule has 25 heavy (non-hydrogen) atoms. The summed E-state index contributed by atoms with van der Waals surface area (Å²) in [5.74, 6) is 0. The lowest BCUT2D eigenvalue weighted by molar-refractivity contribution is 0.279. The van der Waals surface area contributed by atoms with Crippen molar-refractivity contribution in [2.75, 3.05) is 6.61 Å². The first kappa shape index (κ1) is 24.8. The zero-order valence-electron chi connectivity index (χ0n) is 15.1. The van der Waals surface area contributed by atoms with Gasteiger partial charge in [-0.25, -0.2) is 0 Å². The highest BCUT2D eigenvalue weighted by molar-refractivity contribution is 7.87. The van der Waals surface area contributed by atoms with Crippen molar-refractivity contribution in [3.8, 4) is 0 Å². The van der Waals surface area contributed by atoms with Crippen molar-refractivity contribution in [1.29, 1.82) is 0 Å². The molecule has 7 nitrogen and oxygen atoms in total. The Bertz CT molecular complexity index is 529. The number of hydrogen-bond donors (Lipinski definition) is 3. The van der Waals surface area contributed by atoms with Crippen molar-refractivity contribution < 1.29 is 31.0 Å². The van der Waals surface area contributed by atoms with E-state index in [-0.39, 0.29) is 12.8 Å². The molecule has 0 aliphatic rings. The molecule has 0 aromatic heterocycles. The van der Waals surface area contributed by atoms with Crippen LogP contribution in [0.2, 0.25) is 0 Å². The van der Waals surface area contributed by atoms with E-state index in [1.54, 1.807) is 0 Å². The Hall–Kier alpha value is -0.220. The highest BCUT2D eigenvalue weighted by Crippen LogP contribution is 2.21. The van der Waals surface area contributed by atoms with E-state index in [9.17, 15) is 21.4 Å². The third kappa shape index (κ3) is 12.7. The fourth-order valence-corrected chi connectivity index (χ4v) is 4.84. The molecule has 0 aliphatic heterocycles. The van der Waals surface area contributed by atoms with Crippen molar-refractivity contribution in [2.45, 2.75) is 94.5 Å². The normalized spacial score (nSPS) is 15.2. The Balaban J connectivity index is 4.30. The molecule has 2 atom stereocenters. The molecule has 0 rings (SSSR count). The average Bonchev–Trinajstić information content (AvgIpc) is 2.49.